The van der Waals surface area contributed by atoms with Crippen molar-refractivity contribution in [2.75, 3.05) is 11.1 Å². The van der Waals surface area contributed by atoms with Crippen molar-refractivity contribution in [3.8, 4) is 11.3 Å². The van der Waals surface area contributed by atoms with E-state index in [9.17, 15) is 24.3 Å². The minimum Gasteiger partial charge on any atom is -0.478 e. The molecule has 2 aromatic carbocycles. The number of aromatic carboxylic acids is 1. The number of hydrogen-bond acceptors (Lipinski definition) is 7. The van der Waals surface area contributed by atoms with E-state index in [4.69, 9.17) is 5.11 Å². The molecule has 2 aliphatic rings. The standard InChI is InChI=1S/C25H22N4O6S2/c30-20(26-17-9-10-17)14-3-1-13(2-4-14)18-11-37-24(27-18)28-21(31)19-12-36-22(29(19)25(34)35)15-5-7-16(8-6-15)23(32)33/h1-8,11,17,19,22H,9-10,12H2,(H,26,30)(H,32,33)(H,34,35)(H,27,28,31). The van der Waals surface area contributed by atoms with Gasteiger partial charge in [0.1, 0.15) is 11.4 Å². The minimum absolute atomic E-state index is 0.0960. The van der Waals surface area contributed by atoms with Crippen LogP contribution in [0.3, 0.4) is 0 Å². The Morgan fingerprint density at radius 2 is 1.62 bits per heavy atom. The molecule has 0 bridgehead atoms. The first-order chi connectivity index (χ1) is 17.8. The van der Waals surface area contributed by atoms with Crippen molar-refractivity contribution in [2.24, 2.45) is 0 Å². The molecule has 0 spiro atoms. The van der Waals surface area contributed by atoms with Gasteiger partial charge in [-0.2, -0.15) is 0 Å². The molecule has 2 fully saturated rings. The van der Waals surface area contributed by atoms with Gasteiger partial charge in [-0.25, -0.2) is 14.6 Å². The van der Waals surface area contributed by atoms with Crippen LogP contribution in [0.5, 0.6) is 0 Å². The van der Waals surface area contributed by atoms with E-state index >= 15 is 0 Å². The van der Waals surface area contributed by atoms with Gasteiger partial charge in [-0.15, -0.1) is 23.1 Å². The number of rotatable bonds is 7. The molecule has 12 heteroatoms. The van der Waals surface area contributed by atoms with Gasteiger partial charge in [0, 0.05) is 28.3 Å². The van der Waals surface area contributed by atoms with E-state index in [1.165, 1.54) is 35.2 Å². The number of hydrogen-bond donors (Lipinski definition) is 4. The van der Waals surface area contributed by atoms with E-state index < -0.39 is 29.4 Å². The van der Waals surface area contributed by atoms with Crippen LogP contribution in [-0.2, 0) is 4.79 Å². The lowest BCUT2D eigenvalue weighted by molar-refractivity contribution is -0.119. The second-order valence-corrected chi connectivity index (χ2v) is 10.6. The highest BCUT2D eigenvalue weighted by molar-refractivity contribution is 7.99. The highest BCUT2D eigenvalue weighted by atomic mass is 32.2. The van der Waals surface area contributed by atoms with Crippen LogP contribution < -0.4 is 10.6 Å². The van der Waals surface area contributed by atoms with Gasteiger partial charge in [0.15, 0.2) is 5.13 Å². The van der Waals surface area contributed by atoms with Crippen LogP contribution in [0.25, 0.3) is 11.3 Å². The zero-order valence-corrected chi connectivity index (χ0v) is 20.9. The number of amides is 3. The number of aromatic nitrogens is 1. The Labute approximate surface area is 219 Å². The zero-order chi connectivity index (χ0) is 26.1. The van der Waals surface area contributed by atoms with Crippen molar-refractivity contribution >= 4 is 52.1 Å². The molecule has 37 heavy (non-hydrogen) atoms. The molecule has 4 N–H and O–H groups in total. The summed E-state index contributed by atoms with van der Waals surface area (Å²) in [6.45, 7) is 0. The molecule has 1 aliphatic heterocycles. The molecule has 2 unspecified atom stereocenters. The first-order valence-electron chi connectivity index (χ1n) is 11.4. The van der Waals surface area contributed by atoms with Crippen LogP contribution in [0, 0.1) is 0 Å². The molecule has 0 radical (unpaired) electrons. The maximum atomic E-state index is 13.0. The SMILES string of the molecule is O=C(O)c1ccc(C2SCC(C(=O)Nc3nc(-c4ccc(C(=O)NC5CC5)cc4)cs3)N2C(=O)O)cc1. The van der Waals surface area contributed by atoms with Crippen molar-refractivity contribution in [1.29, 1.82) is 0 Å². The number of thiazole rings is 1. The molecule has 1 saturated heterocycles. The summed E-state index contributed by atoms with van der Waals surface area (Å²) in [7, 11) is 0. The third-order valence-electron chi connectivity index (χ3n) is 6.06. The van der Waals surface area contributed by atoms with Crippen LogP contribution in [0.1, 0.15) is 44.5 Å². The summed E-state index contributed by atoms with van der Waals surface area (Å²) in [6.07, 6.45) is 0.784. The lowest BCUT2D eigenvalue weighted by Crippen LogP contribution is -2.44. The lowest BCUT2D eigenvalue weighted by atomic mass is 10.1. The van der Waals surface area contributed by atoms with Crippen molar-refractivity contribution in [3.63, 3.8) is 0 Å². The van der Waals surface area contributed by atoms with E-state index in [0.29, 0.717) is 22.0 Å². The maximum Gasteiger partial charge on any atom is 0.409 e. The number of nitrogens with zero attached hydrogens (tertiary/aromatic N) is 2. The van der Waals surface area contributed by atoms with Gasteiger partial charge in [0.25, 0.3) is 5.91 Å². The van der Waals surface area contributed by atoms with Crippen LogP contribution in [0.4, 0.5) is 9.93 Å². The molecular formula is C25H22N4O6S2. The van der Waals surface area contributed by atoms with E-state index in [1.807, 2.05) is 0 Å². The third kappa shape index (κ3) is 5.44. The molecule has 3 aromatic rings. The Morgan fingerprint density at radius 1 is 0.946 bits per heavy atom. The molecule has 5 rings (SSSR count). The summed E-state index contributed by atoms with van der Waals surface area (Å²) in [5.74, 6) is -1.43. The summed E-state index contributed by atoms with van der Waals surface area (Å²) in [4.78, 5) is 53.9. The Balaban J connectivity index is 1.25. The molecule has 1 saturated carbocycles. The molecule has 3 amide bonds. The lowest BCUT2D eigenvalue weighted by Gasteiger charge is -2.25. The topological polar surface area (TPSA) is 149 Å². The Hall–Kier alpha value is -3.90. The third-order valence-corrected chi connectivity index (χ3v) is 8.14. The van der Waals surface area contributed by atoms with Crippen LogP contribution in [-0.4, -0.2) is 61.8 Å². The largest absolute Gasteiger partial charge is 0.478 e. The number of carboxylic acids is 1. The molecule has 2 atom stereocenters. The zero-order valence-electron chi connectivity index (χ0n) is 19.3. The number of anilines is 1. The molecule has 2 heterocycles. The highest BCUT2D eigenvalue weighted by Crippen LogP contribution is 2.42. The predicted octanol–water partition coefficient (Wildman–Crippen LogP) is 4.13. The van der Waals surface area contributed by atoms with Crippen molar-refractivity contribution in [1.82, 2.24) is 15.2 Å². The minimum atomic E-state index is -1.25. The average Bonchev–Trinajstić information content (AvgIpc) is 3.39. The van der Waals surface area contributed by atoms with Gasteiger partial charge >= 0.3 is 12.1 Å². The number of carbonyl (C=O) groups is 4. The average molecular weight is 539 g/mol. The fraction of sp³-hybridized carbons (Fsp3) is 0.240. The Kier molecular flexibility index (Phi) is 6.85. The Bertz CT molecular complexity index is 1350. The summed E-state index contributed by atoms with van der Waals surface area (Å²) < 4.78 is 0. The van der Waals surface area contributed by atoms with Gasteiger partial charge in [-0.05, 0) is 42.7 Å². The number of thioether (sulfide) groups is 1. The predicted molar refractivity (Wildman–Crippen MR) is 139 cm³/mol. The summed E-state index contributed by atoms with van der Waals surface area (Å²) >= 11 is 2.51. The van der Waals surface area contributed by atoms with E-state index in [-0.39, 0.29) is 23.3 Å². The van der Waals surface area contributed by atoms with Crippen LogP contribution in [0.2, 0.25) is 0 Å². The smallest absolute Gasteiger partial charge is 0.409 e. The molecule has 1 aliphatic carbocycles. The van der Waals surface area contributed by atoms with Gasteiger partial charge in [-0.3, -0.25) is 14.5 Å². The van der Waals surface area contributed by atoms with Gasteiger partial charge in [0.05, 0.1) is 11.3 Å². The number of carbonyl (C=O) groups excluding carboxylic acids is 2. The molecule has 1 aromatic heterocycles. The van der Waals surface area contributed by atoms with E-state index in [0.717, 1.165) is 23.3 Å². The number of carboxylic acid groups (broad SMARTS) is 2. The van der Waals surface area contributed by atoms with Gasteiger partial charge in [0.2, 0.25) is 5.91 Å². The maximum absolute atomic E-state index is 13.0. The van der Waals surface area contributed by atoms with Gasteiger partial charge in [-0.1, -0.05) is 24.3 Å². The second-order valence-electron chi connectivity index (χ2n) is 8.67. The van der Waals surface area contributed by atoms with Crippen LogP contribution >= 0.6 is 23.1 Å². The monoisotopic (exact) mass is 538 g/mol. The fourth-order valence-corrected chi connectivity index (χ4v) is 6.08. The summed E-state index contributed by atoms with van der Waals surface area (Å²) in [6, 6.07) is 12.3. The Morgan fingerprint density at radius 3 is 2.24 bits per heavy atom. The second kappa shape index (κ2) is 10.2. The van der Waals surface area contributed by atoms with Crippen molar-refractivity contribution < 1.29 is 29.4 Å². The number of benzene rings is 2. The van der Waals surface area contributed by atoms with Crippen molar-refractivity contribution in [2.45, 2.75) is 30.3 Å². The highest BCUT2D eigenvalue weighted by Gasteiger charge is 2.42. The fourth-order valence-electron chi connectivity index (χ4n) is 3.93. The first-order valence-corrected chi connectivity index (χ1v) is 13.4. The van der Waals surface area contributed by atoms with Gasteiger partial charge < -0.3 is 20.8 Å². The van der Waals surface area contributed by atoms with Crippen LogP contribution in [0.15, 0.2) is 53.9 Å². The first kappa shape index (κ1) is 24.8. The van der Waals surface area contributed by atoms with E-state index in [1.54, 1.807) is 41.8 Å². The molecule has 190 valence electrons. The summed E-state index contributed by atoms with van der Waals surface area (Å²) in [5, 5.41) is 26.1. The molecular weight excluding hydrogens is 516 g/mol. The number of nitrogens with one attached hydrogen (secondary N) is 2. The quantitative estimate of drug-likeness (QED) is 0.351. The van der Waals surface area contributed by atoms with E-state index in [2.05, 4.69) is 15.6 Å². The normalized spacial score (nSPS) is 18.9. The summed E-state index contributed by atoms with van der Waals surface area (Å²) in [5.41, 5.74) is 2.67. The van der Waals surface area contributed by atoms with Crippen molar-refractivity contribution in [3.05, 3.63) is 70.6 Å². The molecule has 10 nitrogen and oxygen atoms in total.